The number of nitrogens with one attached hydrogen (secondary N) is 1. The van der Waals surface area contributed by atoms with Crippen molar-refractivity contribution in [1.29, 1.82) is 0 Å². The van der Waals surface area contributed by atoms with Crippen molar-refractivity contribution in [1.82, 2.24) is 0 Å². The van der Waals surface area contributed by atoms with Gasteiger partial charge in [-0.1, -0.05) is 26.0 Å². The monoisotopic (exact) mass is 221 g/mol. The van der Waals surface area contributed by atoms with E-state index in [1.54, 1.807) is 0 Å². The highest BCUT2D eigenvalue weighted by molar-refractivity contribution is 5.88. The van der Waals surface area contributed by atoms with Crippen LogP contribution in [0.4, 0.5) is 5.69 Å². The highest BCUT2D eigenvalue weighted by Crippen LogP contribution is 2.21. The number of rotatable bonds is 4. The van der Waals surface area contributed by atoms with E-state index < -0.39 is 0 Å². The van der Waals surface area contributed by atoms with Gasteiger partial charge in [0.2, 0.25) is 5.91 Å². The maximum absolute atomic E-state index is 10.8. The summed E-state index contributed by atoms with van der Waals surface area (Å²) in [7, 11) is 0. The number of hydrogen-bond donors (Lipinski definition) is 2. The fourth-order valence-electron chi connectivity index (χ4n) is 1.52. The third-order valence-corrected chi connectivity index (χ3v) is 2.39. The van der Waals surface area contributed by atoms with E-state index in [0.29, 0.717) is 0 Å². The van der Waals surface area contributed by atoms with Gasteiger partial charge >= 0.3 is 0 Å². The Hall–Kier alpha value is -1.35. The first-order valence-electron chi connectivity index (χ1n) is 5.40. The number of hydrogen-bond acceptors (Lipinski definition) is 2. The first kappa shape index (κ1) is 12.7. The fourth-order valence-corrected chi connectivity index (χ4v) is 1.52. The van der Waals surface area contributed by atoms with Gasteiger partial charge in [0.05, 0.1) is 0 Å². The van der Waals surface area contributed by atoms with E-state index in [-0.39, 0.29) is 17.9 Å². The molecule has 3 heteroatoms. The van der Waals surface area contributed by atoms with Crippen LogP contribution in [0, 0.1) is 5.41 Å². The molecule has 0 heterocycles. The van der Waals surface area contributed by atoms with E-state index in [4.69, 9.17) is 0 Å². The molecule has 1 aromatic carbocycles. The molecule has 3 nitrogen and oxygen atoms in total. The Labute approximate surface area is 96.5 Å². The summed E-state index contributed by atoms with van der Waals surface area (Å²) in [6, 6.07) is 7.71. The molecule has 0 aromatic heterocycles. The zero-order valence-corrected chi connectivity index (χ0v) is 10.1. The number of benzene rings is 1. The SMILES string of the molecule is CC(=O)Nc1ccc(CC(C)(C)CO)cc1. The quantitative estimate of drug-likeness (QED) is 0.819. The van der Waals surface area contributed by atoms with Crippen molar-refractivity contribution in [3.8, 4) is 0 Å². The van der Waals surface area contributed by atoms with Crippen molar-refractivity contribution in [3.05, 3.63) is 29.8 Å². The Morgan fingerprint density at radius 1 is 1.31 bits per heavy atom. The Morgan fingerprint density at radius 2 is 1.88 bits per heavy atom. The van der Waals surface area contributed by atoms with Gasteiger partial charge in [-0.3, -0.25) is 4.79 Å². The third kappa shape index (κ3) is 4.03. The molecule has 0 saturated carbocycles. The second-order valence-corrected chi connectivity index (χ2v) is 4.88. The lowest BCUT2D eigenvalue weighted by Crippen LogP contribution is -2.19. The van der Waals surface area contributed by atoms with Crippen molar-refractivity contribution < 1.29 is 9.90 Å². The highest BCUT2D eigenvalue weighted by atomic mass is 16.3. The minimum atomic E-state index is -0.102. The Bertz CT molecular complexity index is 355. The molecular weight excluding hydrogens is 202 g/mol. The number of aliphatic hydroxyl groups is 1. The molecule has 0 fully saturated rings. The summed E-state index contributed by atoms with van der Waals surface area (Å²) in [6.07, 6.45) is 0.823. The first-order valence-corrected chi connectivity index (χ1v) is 5.40. The molecule has 0 radical (unpaired) electrons. The lowest BCUT2D eigenvalue weighted by atomic mass is 9.87. The second kappa shape index (κ2) is 5.12. The van der Waals surface area contributed by atoms with E-state index in [1.807, 2.05) is 38.1 Å². The third-order valence-electron chi connectivity index (χ3n) is 2.39. The number of carbonyl (C=O) groups is 1. The number of anilines is 1. The second-order valence-electron chi connectivity index (χ2n) is 4.88. The average Bonchev–Trinajstić information content (AvgIpc) is 2.20. The van der Waals surface area contributed by atoms with Crippen molar-refractivity contribution in [2.24, 2.45) is 5.41 Å². The number of amides is 1. The summed E-state index contributed by atoms with van der Waals surface area (Å²) < 4.78 is 0. The van der Waals surface area contributed by atoms with Crippen LogP contribution in [0.1, 0.15) is 26.3 Å². The fraction of sp³-hybridized carbons (Fsp3) is 0.462. The van der Waals surface area contributed by atoms with Crippen LogP contribution in [-0.2, 0) is 11.2 Å². The van der Waals surface area contributed by atoms with Gasteiger partial charge in [0.1, 0.15) is 0 Å². The van der Waals surface area contributed by atoms with Crippen molar-refractivity contribution >= 4 is 11.6 Å². The summed E-state index contributed by atoms with van der Waals surface area (Å²) in [5.74, 6) is -0.0663. The molecule has 2 N–H and O–H groups in total. The minimum Gasteiger partial charge on any atom is -0.396 e. The minimum absolute atomic E-state index is 0.0663. The van der Waals surface area contributed by atoms with E-state index in [9.17, 15) is 9.90 Å². The maximum Gasteiger partial charge on any atom is 0.221 e. The maximum atomic E-state index is 10.8. The van der Waals surface area contributed by atoms with Crippen LogP contribution in [0.15, 0.2) is 24.3 Å². The van der Waals surface area contributed by atoms with Crippen LogP contribution in [-0.4, -0.2) is 17.6 Å². The Morgan fingerprint density at radius 3 is 2.31 bits per heavy atom. The van der Waals surface area contributed by atoms with Crippen LogP contribution in [0.2, 0.25) is 0 Å². The zero-order valence-electron chi connectivity index (χ0n) is 10.1. The van der Waals surface area contributed by atoms with Gasteiger partial charge in [-0.2, -0.15) is 0 Å². The summed E-state index contributed by atoms with van der Waals surface area (Å²) in [6.45, 7) is 5.70. The van der Waals surface area contributed by atoms with Gasteiger partial charge < -0.3 is 10.4 Å². The summed E-state index contributed by atoms with van der Waals surface area (Å²) in [5, 5.41) is 11.9. The lowest BCUT2D eigenvalue weighted by molar-refractivity contribution is -0.114. The lowest BCUT2D eigenvalue weighted by Gasteiger charge is -2.21. The van der Waals surface area contributed by atoms with Gasteiger partial charge in [-0.15, -0.1) is 0 Å². The van der Waals surface area contributed by atoms with Crippen LogP contribution < -0.4 is 5.32 Å². The molecule has 0 spiro atoms. The van der Waals surface area contributed by atoms with Gasteiger partial charge in [-0.25, -0.2) is 0 Å². The van der Waals surface area contributed by atoms with E-state index in [0.717, 1.165) is 17.7 Å². The number of aliphatic hydroxyl groups excluding tert-OH is 1. The van der Waals surface area contributed by atoms with E-state index in [2.05, 4.69) is 5.32 Å². The van der Waals surface area contributed by atoms with Gasteiger partial charge in [0.15, 0.2) is 0 Å². The normalized spacial score (nSPS) is 11.2. The summed E-state index contributed by atoms with van der Waals surface area (Å²) >= 11 is 0. The molecular formula is C13H19NO2. The molecule has 1 rings (SSSR count). The Kier molecular flexibility index (Phi) is 4.07. The van der Waals surface area contributed by atoms with Crippen molar-refractivity contribution in [2.45, 2.75) is 27.2 Å². The van der Waals surface area contributed by atoms with Crippen LogP contribution in [0.5, 0.6) is 0 Å². The van der Waals surface area contributed by atoms with E-state index >= 15 is 0 Å². The van der Waals surface area contributed by atoms with Gasteiger partial charge in [0, 0.05) is 19.2 Å². The van der Waals surface area contributed by atoms with E-state index in [1.165, 1.54) is 6.92 Å². The average molecular weight is 221 g/mol. The first-order chi connectivity index (χ1) is 7.43. The number of carbonyl (C=O) groups excluding carboxylic acids is 1. The molecule has 1 amide bonds. The standard InChI is InChI=1S/C13H19NO2/c1-10(16)14-12-6-4-11(5-7-12)8-13(2,3)9-15/h4-7,15H,8-9H2,1-3H3,(H,14,16). The molecule has 0 atom stereocenters. The largest absolute Gasteiger partial charge is 0.396 e. The predicted molar refractivity (Wildman–Crippen MR) is 65.3 cm³/mol. The van der Waals surface area contributed by atoms with Crippen molar-refractivity contribution in [2.75, 3.05) is 11.9 Å². The molecule has 1 aromatic rings. The predicted octanol–water partition coefficient (Wildman–Crippen LogP) is 2.21. The van der Waals surface area contributed by atoms with Crippen LogP contribution in [0.25, 0.3) is 0 Å². The molecule has 0 saturated heterocycles. The summed E-state index contributed by atoms with van der Waals surface area (Å²) in [4.78, 5) is 10.8. The molecule has 16 heavy (non-hydrogen) atoms. The smallest absolute Gasteiger partial charge is 0.221 e. The molecule has 0 aliphatic rings. The molecule has 0 unspecified atom stereocenters. The van der Waals surface area contributed by atoms with Crippen LogP contribution >= 0.6 is 0 Å². The van der Waals surface area contributed by atoms with Gasteiger partial charge in [-0.05, 0) is 29.5 Å². The topological polar surface area (TPSA) is 49.3 Å². The van der Waals surface area contributed by atoms with Crippen molar-refractivity contribution in [3.63, 3.8) is 0 Å². The molecule has 0 bridgehead atoms. The Balaban J connectivity index is 2.68. The van der Waals surface area contributed by atoms with Gasteiger partial charge in [0.25, 0.3) is 0 Å². The molecule has 0 aliphatic heterocycles. The highest BCUT2D eigenvalue weighted by Gasteiger charge is 2.16. The summed E-state index contributed by atoms with van der Waals surface area (Å²) in [5.41, 5.74) is 1.86. The molecule has 0 aliphatic carbocycles. The zero-order chi connectivity index (χ0) is 12.2. The van der Waals surface area contributed by atoms with Crippen LogP contribution in [0.3, 0.4) is 0 Å². The molecule has 88 valence electrons.